The fraction of sp³-hybridized carbons (Fsp3) is 0.219. The number of nitrogens with zero attached hydrogens (tertiary/aromatic N) is 1. The number of aromatic nitrogens is 1. The van der Waals surface area contributed by atoms with Gasteiger partial charge in [0.2, 0.25) is 5.91 Å². The van der Waals surface area contributed by atoms with Crippen LogP contribution in [0.3, 0.4) is 0 Å². The number of benzene rings is 3. The van der Waals surface area contributed by atoms with Crippen molar-refractivity contribution in [1.29, 1.82) is 0 Å². The lowest BCUT2D eigenvalue weighted by Gasteiger charge is -2.36. The van der Waals surface area contributed by atoms with Crippen molar-refractivity contribution in [3.63, 3.8) is 0 Å². The highest BCUT2D eigenvalue weighted by atomic mass is 32.2. The van der Waals surface area contributed by atoms with Crippen LogP contribution in [0.2, 0.25) is 0 Å². The summed E-state index contributed by atoms with van der Waals surface area (Å²) in [6, 6.07) is 26.4. The van der Waals surface area contributed by atoms with Gasteiger partial charge in [0.25, 0.3) is 5.91 Å². The van der Waals surface area contributed by atoms with Gasteiger partial charge in [-0.2, -0.15) is 0 Å². The Morgan fingerprint density at radius 1 is 0.902 bits per heavy atom. The van der Waals surface area contributed by atoms with Gasteiger partial charge in [0.15, 0.2) is 6.29 Å². The summed E-state index contributed by atoms with van der Waals surface area (Å²) in [5, 5.41) is 15.1. The van der Waals surface area contributed by atoms with E-state index in [0.29, 0.717) is 23.4 Å². The van der Waals surface area contributed by atoms with Gasteiger partial charge >= 0.3 is 0 Å². The number of rotatable bonds is 9. The molecule has 8 nitrogen and oxygen atoms in total. The van der Waals surface area contributed by atoms with Crippen molar-refractivity contribution in [3.05, 3.63) is 120 Å². The number of thioether (sulfide) groups is 1. The van der Waals surface area contributed by atoms with Crippen LogP contribution in [0.4, 0.5) is 11.4 Å². The zero-order valence-corrected chi connectivity index (χ0v) is 23.3. The molecule has 1 aromatic heterocycles. The number of anilines is 2. The van der Waals surface area contributed by atoms with Gasteiger partial charge in [-0.1, -0.05) is 36.4 Å². The van der Waals surface area contributed by atoms with Gasteiger partial charge in [0, 0.05) is 53.3 Å². The van der Waals surface area contributed by atoms with E-state index in [1.807, 2.05) is 72.8 Å². The van der Waals surface area contributed by atoms with Crippen molar-refractivity contribution in [2.24, 2.45) is 0 Å². The Bertz CT molecular complexity index is 1450. The molecule has 0 bridgehead atoms. The topological polar surface area (TPSA) is 110 Å². The molecule has 0 radical (unpaired) electrons. The van der Waals surface area contributed by atoms with Crippen molar-refractivity contribution in [1.82, 2.24) is 4.98 Å². The minimum Gasteiger partial charge on any atom is -0.392 e. The van der Waals surface area contributed by atoms with Gasteiger partial charge in [-0.3, -0.25) is 14.6 Å². The molecule has 0 spiro atoms. The lowest BCUT2D eigenvalue weighted by Crippen LogP contribution is -2.31. The molecular formula is C32H31N3O5S. The minimum atomic E-state index is -0.595. The predicted molar refractivity (Wildman–Crippen MR) is 159 cm³/mol. The third kappa shape index (κ3) is 7.80. The number of aliphatic hydroxyl groups excluding tert-OH is 1. The van der Waals surface area contributed by atoms with Gasteiger partial charge in [-0.15, -0.1) is 11.8 Å². The number of amides is 2. The zero-order valence-electron chi connectivity index (χ0n) is 22.5. The van der Waals surface area contributed by atoms with Crippen LogP contribution < -0.4 is 10.6 Å². The summed E-state index contributed by atoms with van der Waals surface area (Å²) in [7, 11) is 0. The van der Waals surface area contributed by atoms with Crippen molar-refractivity contribution in [3.8, 4) is 0 Å². The molecule has 1 saturated heterocycles. The van der Waals surface area contributed by atoms with Crippen LogP contribution in [-0.4, -0.2) is 33.8 Å². The van der Waals surface area contributed by atoms with Crippen molar-refractivity contribution in [2.45, 2.75) is 43.3 Å². The molecule has 1 aliphatic rings. The Kier molecular flexibility index (Phi) is 9.43. The van der Waals surface area contributed by atoms with E-state index in [1.165, 1.54) is 13.1 Å². The largest absolute Gasteiger partial charge is 0.392 e. The SMILES string of the molecule is CC(=O)Nc1ccc(SC[C@H]2C[C@@H](c3ccc(CO)cc3)O[C@@H](c3ccc(NC(=O)c4cccnc4)cc3)O2)cc1. The molecule has 0 unspecified atom stereocenters. The maximum atomic E-state index is 12.5. The predicted octanol–water partition coefficient (Wildman–Crippen LogP) is 6.12. The van der Waals surface area contributed by atoms with Crippen LogP contribution in [0.25, 0.3) is 0 Å². The average Bonchev–Trinajstić information content (AvgIpc) is 3.01. The van der Waals surface area contributed by atoms with Crippen LogP contribution in [0, 0.1) is 0 Å². The van der Waals surface area contributed by atoms with Crippen LogP contribution in [0.5, 0.6) is 0 Å². The third-order valence-corrected chi connectivity index (χ3v) is 7.73. The summed E-state index contributed by atoms with van der Waals surface area (Å²) in [6.45, 7) is 1.47. The fourth-order valence-electron chi connectivity index (χ4n) is 4.47. The van der Waals surface area contributed by atoms with Crippen LogP contribution in [0.15, 0.2) is 102 Å². The number of aliphatic hydroxyl groups is 1. The highest BCUT2D eigenvalue weighted by molar-refractivity contribution is 7.99. The molecule has 3 atom stereocenters. The highest BCUT2D eigenvalue weighted by Gasteiger charge is 2.32. The molecule has 9 heteroatoms. The quantitative estimate of drug-likeness (QED) is 0.208. The lowest BCUT2D eigenvalue weighted by atomic mass is 10.0. The maximum Gasteiger partial charge on any atom is 0.257 e. The van der Waals surface area contributed by atoms with Gasteiger partial charge in [0.1, 0.15) is 0 Å². The van der Waals surface area contributed by atoms with Gasteiger partial charge in [0.05, 0.1) is 24.4 Å². The van der Waals surface area contributed by atoms with E-state index in [4.69, 9.17) is 9.47 Å². The summed E-state index contributed by atoms with van der Waals surface area (Å²) >= 11 is 1.68. The molecule has 2 heterocycles. The summed E-state index contributed by atoms with van der Waals surface area (Å²) in [5.41, 5.74) is 4.60. The van der Waals surface area contributed by atoms with Gasteiger partial charge in [-0.05, 0) is 59.7 Å². The average molecular weight is 570 g/mol. The molecule has 0 aliphatic carbocycles. The molecule has 1 aliphatic heterocycles. The first-order valence-electron chi connectivity index (χ1n) is 13.3. The number of hydrogen-bond acceptors (Lipinski definition) is 7. The monoisotopic (exact) mass is 569 g/mol. The van der Waals surface area contributed by atoms with Crippen LogP contribution >= 0.6 is 11.8 Å². The van der Waals surface area contributed by atoms with E-state index in [2.05, 4.69) is 15.6 Å². The smallest absolute Gasteiger partial charge is 0.257 e. The number of pyridine rings is 1. The number of nitrogens with one attached hydrogen (secondary N) is 2. The van der Waals surface area contributed by atoms with Crippen molar-refractivity contribution >= 4 is 35.0 Å². The molecule has 41 heavy (non-hydrogen) atoms. The van der Waals surface area contributed by atoms with Gasteiger partial charge in [-0.25, -0.2) is 0 Å². The zero-order chi connectivity index (χ0) is 28.6. The first-order chi connectivity index (χ1) is 20.0. The second kappa shape index (κ2) is 13.6. The molecule has 210 valence electrons. The van der Waals surface area contributed by atoms with E-state index in [-0.39, 0.29) is 30.6 Å². The molecule has 5 rings (SSSR count). The van der Waals surface area contributed by atoms with Gasteiger partial charge < -0.3 is 25.2 Å². The van der Waals surface area contributed by atoms with E-state index < -0.39 is 6.29 Å². The molecule has 3 N–H and O–H groups in total. The summed E-state index contributed by atoms with van der Waals surface area (Å²) in [5.74, 6) is 0.378. The van der Waals surface area contributed by atoms with E-state index in [9.17, 15) is 14.7 Å². The number of carbonyl (C=O) groups excluding carboxylic acids is 2. The van der Waals surface area contributed by atoms with E-state index in [1.54, 1.807) is 30.1 Å². The first-order valence-corrected chi connectivity index (χ1v) is 14.3. The lowest BCUT2D eigenvalue weighted by molar-refractivity contribution is -0.245. The van der Waals surface area contributed by atoms with Crippen molar-refractivity contribution < 1.29 is 24.2 Å². The molecule has 4 aromatic rings. The third-order valence-electron chi connectivity index (χ3n) is 6.59. The van der Waals surface area contributed by atoms with E-state index in [0.717, 1.165) is 27.3 Å². The highest BCUT2D eigenvalue weighted by Crippen LogP contribution is 2.39. The molecule has 2 amide bonds. The summed E-state index contributed by atoms with van der Waals surface area (Å²) < 4.78 is 12.8. The number of ether oxygens (including phenoxy) is 2. The maximum absolute atomic E-state index is 12.5. The second-order valence-corrected chi connectivity index (χ2v) is 10.8. The molecule has 3 aromatic carbocycles. The Morgan fingerprint density at radius 2 is 1.59 bits per heavy atom. The van der Waals surface area contributed by atoms with Crippen LogP contribution in [-0.2, 0) is 20.9 Å². The Hall–Kier alpha value is -4.02. The standard InChI is InChI=1S/C32H31N3O5S/c1-21(37)34-26-12-14-29(15-13-26)41-20-28-17-30(23-6-4-22(19-36)5-7-23)40-32(39-28)24-8-10-27(11-9-24)35-31(38)25-3-2-16-33-18-25/h2-16,18,28,30,32,36H,17,19-20H2,1H3,(H,34,37)(H,35,38)/t28-,30+,32+/m1/s1. The van der Waals surface area contributed by atoms with Crippen molar-refractivity contribution in [2.75, 3.05) is 16.4 Å². The summed E-state index contributed by atoms with van der Waals surface area (Å²) in [6.07, 6.45) is 2.93. The molecule has 0 saturated carbocycles. The fourth-order valence-corrected chi connectivity index (χ4v) is 5.40. The Balaban J connectivity index is 1.29. The minimum absolute atomic E-state index is 0.0127. The molecular weight excluding hydrogens is 538 g/mol. The van der Waals surface area contributed by atoms with E-state index >= 15 is 0 Å². The number of hydrogen-bond donors (Lipinski definition) is 3. The first kappa shape index (κ1) is 28.5. The Labute approximate surface area is 243 Å². The normalized spacial score (nSPS) is 18.4. The second-order valence-electron chi connectivity index (χ2n) is 9.68. The van der Waals surface area contributed by atoms with Crippen LogP contribution in [0.1, 0.15) is 52.8 Å². The number of carbonyl (C=O) groups is 2. The molecule has 1 fully saturated rings. The summed E-state index contributed by atoms with van der Waals surface area (Å²) in [4.78, 5) is 28.9. The Morgan fingerprint density at radius 3 is 2.24 bits per heavy atom.